The van der Waals surface area contributed by atoms with Gasteiger partial charge in [-0.15, -0.1) is 0 Å². The summed E-state index contributed by atoms with van der Waals surface area (Å²) in [6.45, 7) is 5.10. The van der Waals surface area contributed by atoms with Crippen LogP contribution in [0.4, 0.5) is 13.2 Å². The lowest BCUT2D eigenvalue weighted by molar-refractivity contribution is -0.133. The molecule has 0 aromatic carbocycles. The minimum atomic E-state index is -5.07. The molecule has 1 unspecified atom stereocenters. The molecule has 0 aromatic rings. The molecule has 1 atom stereocenters. The van der Waals surface area contributed by atoms with Gasteiger partial charge in [0.2, 0.25) is 0 Å². The van der Waals surface area contributed by atoms with Crippen molar-refractivity contribution in [3.8, 4) is 0 Å². The molecule has 0 bridgehead atoms. The highest BCUT2D eigenvalue weighted by atomic mass is 32.2. The van der Waals surface area contributed by atoms with E-state index in [1.54, 1.807) is 20.8 Å². The molecule has 0 spiro atoms. The second kappa shape index (κ2) is 4.29. The quantitative estimate of drug-likeness (QED) is 0.781. The highest BCUT2D eigenvalue weighted by Crippen LogP contribution is 2.32. The van der Waals surface area contributed by atoms with Crippen LogP contribution in [0.1, 0.15) is 33.6 Å². The van der Waals surface area contributed by atoms with Crippen LogP contribution in [0.25, 0.3) is 0 Å². The molecule has 0 radical (unpaired) electrons. The highest BCUT2D eigenvalue weighted by molar-refractivity contribution is 7.86. The molecule has 1 N–H and O–H groups in total. The van der Waals surface area contributed by atoms with Crippen LogP contribution in [0.5, 0.6) is 0 Å². The van der Waals surface area contributed by atoms with Gasteiger partial charge in [-0.25, -0.2) is 0 Å². The maximum absolute atomic E-state index is 12.3. The summed E-state index contributed by atoms with van der Waals surface area (Å²) in [6, 6.07) is 0. The summed E-state index contributed by atoms with van der Waals surface area (Å²) >= 11 is 0. The molecule has 7 heteroatoms. The molecule has 0 aliphatic heterocycles. The lowest BCUT2D eigenvalue weighted by Crippen LogP contribution is -2.37. The Hall–Kier alpha value is -0.300. The topological polar surface area (TPSA) is 54.4 Å². The Kier molecular flexibility index (Phi) is 4.20. The van der Waals surface area contributed by atoms with E-state index < -0.39 is 33.4 Å². The number of hydrogen-bond acceptors (Lipinski definition) is 2. The zero-order valence-corrected chi connectivity index (χ0v) is 9.61. The molecule has 0 aliphatic rings. The Morgan fingerprint density at radius 2 is 1.60 bits per heavy atom. The smallest absolute Gasteiger partial charge is 0.285 e. The average Bonchev–Trinajstić information content (AvgIpc) is 1.75. The zero-order valence-electron chi connectivity index (χ0n) is 8.80. The molecule has 0 saturated heterocycles. The molecule has 0 heterocycles. The summed E-state index contributed by atoms with van der Waals surface area (Å²) in [7, 11) is -5.07. The van der Waals surface area contributed by atoms with Gasteiger partial charge in [-0.3, -0.25) is 4.55 Å². The number of hydrogen-bond donors (Lipinski definition) is 1. The first-order chi connectivity index (χ1) is 6.34. The van der Waals surface area contributed by atoms with Gasteiger partial charge in [0.05, 0.1) is 0 Å². The van der Waals surface area contributed by atoms with Gasteiger partial charge in [0.15, 0.2) is 5.25 Å². The van der Waals surface area contributed by atoms with Gasteiger partial charge in [0, 0.05) is 0 Å². The SMILES string of the molecule is CC(C)(C)CCC(C(F)(F)F)S(=O)(=O)O. The van der Waals surface area contributed by atoms with E-state index in [2.05, 4.69) is 0 Å². The van der Waals surface area contributed by atoms with Crippen molar-refractivity contribution in [3.63, 3.8) is 0 Å². The molecule has 0 saturated carbocycles. The summed E-state index contributed by atoms with van der Waals surface area (Å²) in [6.07, 6.45) is -5.47. The molecular formula is C8H15F3O3S. The van der Waals surface area contributed by atoms with Crippen molar-refractivity contribution in [2.45, 2.75) is 45.0 Å². The van der Waals surface area contributed by atoms with Crippen molar-refractivity contribution >= 4 is 10.1 Å². The van der Waals surface area contributed by atoms with E-state index in [4.69, 9.17) is 4.55 Å². The van der Waals surface area contributed by atoms with Crippen LogP contribution in [0, 0.1) is 5.41 Å². The van der Waals surface area contributed by atoms with E-state index in [0.29, 0.717) is 0 Å². The van der Waals surface area contributed by atoms with Crippen LogP contribution < -0.4 is 0 Å². The van der Waals surface area contributed by atoms with E-state index in [-0.39, 0.29) is 6.42 Å². The standard InChI is InChI=1S/C8H15F3O3S/c1-7(2,3)5-4-6(8(9,10)11)15(12,13)14/h6H,4-5H2,1-3H3,(H,12,13,14). The van der Waals surface area contributed by atoms with Gasteiger partial charge in [0.25, 0.3) is 10.1 Å². The lowest BCUT2D eigenvalue weighted by Gasteiger charge is -2.22. The van der Waals surface area contributed by atoms with E-state index in [0.717, 1.165) is 0 Å². The third-order valence-corrected chi connectivity index (χ3v) is 3.10. The second-order valence-electron chi connectivity index (χ2n) is 4.64. The van der Waals surface area contributed by atoms with Crippen LogP contribution in [-0.4, -0.2) is 24.4 Å². The minimum absolute atomic E-state index is 0.0664. The van der Waals surface area contributed by atoms with E-state index >= 15 is 0 Å². The van der Waals surface area contributed by atoms with Crippen molar-refractivity contribution in [1.29, 1.82) is 0 Å². The van der Waals surface area contributed by atoms with E-state index in [1.807, 2.05) is 0 Å². The van der Waals surface area contributed by atoms with Crippen LogP contribution in [-0.2, 0) is 10.1 Å². The van der Waals surface area contributed by atoms with Crippen molar-refractivity contribution < 1.29 is 26.1 Å². The summed E-state index contributed by atoms with van der Waals surface area (Å²) in [5, 5.41) is -2.68. The summed E-state index contributed by atoms with van der Waals surface area (Å²) in [5.74, 6) is 0. The monoisotopic (exact) mass is 248 g/mol. The molecule has 0 fully saturated rings. The molecule has 92 valence electrons. The van der Waals surface area contributed by atoms with Crippen LogP contribution >= 0.6 is 0 Å². The Morgan fingerprint density at radius 3 is 1.80 bits per heavy atom. The van der Waals surface area contributed by atoms with Crippen molar-refractivity contribution in [2.75, 3.05) is 0 Å². The van der Waals surface area contributed by atoms with Gasteiger partial charge >= 0.3 is 6.18 Å². The van der Waals surface area contributed by atoms with Crippen molar-refractivity contribution in [2.24, 2.45) is 5.41 Å². The minimum Gasteiger partial charge on any atom is -0.285 e. The summed E-state index contributed by atoms with van der Waals surface area (Å²) in [5.41, 5.74) is -0.409. The first-order valence-corrected chi connectivity index (χ1v) is 5.87. The molecule has 15 heavy (non-hydrogen) atoms. The van der Waals surface area contributed by atoms with E-state index in [9.17, 15) is 21.6 Å². The first kappa shape index (κ1) is 14.7. The van der Waals surface area contributed by atoms with Crippen molar-refractivity contribution in [3.05, 3.63) is 0 Å². The van der Waals surface area contributed by atoms with Gasteiger partial charge < -0.3 is 0 Å². The van der Waals surface area contributed by atoms with Crippen LogP contribution in [0.3, 0.4) is 0 Å². The largest absolute Gasteiger partial charge is 0.407 e. The molecule has 0 aromatic heterocycles. The van der Waals surface area contributed by atoms with Crippen LogP contribution in [0.2, 0.25) is 0 Å². The normalized spacial score (nSPS) is 16.5. The Labute approximate surface area is 87.4 Å². The third-order valence-electron chi connectivity index (χ3n) is 1.88. The fourth-order valence-corrected chi connectivity index (χ4v) is 1.80. The van der Waals surface area contributed by atoms with Crippen LogP contribution in [0.15, 0.2) is 0 Å². The third kappa shape index (κ3) is 5.99. The zero-order chi connectivity index (χ0) is 12.5. The molecule has 3 nitrogen and oxygen atoms in total. The molecular weight excluding hydrogens is 233 g/mol. The average molecular weight is 248 g/mol. The van der Waals surface area contributed by atoms with Gasteiger partial charge in [-0.2, -0.15) is 21.6 Å². The number of halogens is 3. The van der Waals surface area contributed by atoms with Gasteiger partial charge in [-0.05, 0) is 18.3 Å². The van der Waals surface area contributed by atoms with E-state index in [1.165, 1.54) is 0 Å². The molecule has 0 amide bonds. The summed E-state index contributed by atoms with van der Waals surface area (Å²) in [4.78, 5) is 0. The predicted octanol–water partition coefficient (Wildman–Crippen LogP) is 2.63. The van der Waals surface area contributed by atoms with Crippen molar-refractivity contribution in [1.82, 2.24) is 0 Å². The number of alkyl halides is 3. The molecule has 0 aliphatic carbocycles. The second-order valence-corrected chi connectivity index (χ2v) is 6.24. The maximum Gasteiger partial charge on any atom is 0.407 e. The first-order valence-electron chi connectivity index (χ1n) is 4.37. The number of rotatable bonds is 3. The predicted molar refractivity (Wildman–Crippen MR) is 50.1 cm³/mol. The molecule has 0 rings (SSSR count). The fraction of sp³-hybridized carbons (Fsp3) is 1.00. The fourth-order valence-electron chi connectivity index (χ4n) is 1.05. The summed E-state index contributed by atoms with van der Waals surface area (Å²) < 4.78 is 66.3. The Balaban J connectivity index is 4.72. The lowest BCUT2D eigenvalue weighted by atomic mass is 9.90. The Bertz CT molecular complexity index is 300. The van der Waals surface area contributed by atoms with Gasteiger partial charge in [0.1, 0.15) is 0 Å². The highest BCUT2D eigenvalue weighted by Gasteiger charge is 2.48. The maximum atomic E-state index is 12.3. The van der Waals surface area contributed by atoms with Gasteiger partial charge in [-0.1, -0.05) is 20.8 Å². The Morgan fingerprint density at radius 1 is 1.20 bits per heavy atom.